The molecule has 59 heavy (non-hydrogen) atoms. The Labute approximate surface area is 344 Å². The molecule has 0 spiro atoms. The Hall–Kier alpha value is -5.89. The molecule has 2 fully saturated rings. The third kappa shape index (κ3) is 7.06. The number of aromatic nitrogens is 4. The van der Waals surface area contributed by atoms with Gasteiger partial charge in [-0.3, -0.25) is 14.5 Å². The van der Waals surface area contributed by atoms with Gasteiger partial charge in [-0.15, -0.1) is 0 Å². The molecule has 14 heteroatoms. The van der Waals surface area contributed by atoms with Crippen LogP contribution in [0.5, 0.6) is 5.75 Å². The van der Waals surface area contributed by atoms with Crippen LogP contribution in [0.3, 0.4) is 0 Å². The van der Waals surface area contributed by atoms with Gasteiger partial charge < -0.3 is 39.3 Å². The number of H-pyrrole nitrogens is 2. The van der Waals surface area contributed by atoms with Gasteiger partial charge in [0.15, 0.2) is 0 Å². The van der Waals surface area contributed by atoms with Gasteiger partial charge in [-0.05, 0) is 81.5 Å². The fraction of sp³-hybridized carbons (Fsp3) is 0.444. The lowest BCUT2D eigenvalue weighted by atomic mass is 9.77. The second-order valence-electron chi connectivity index (χ2n) is 16.8. The van der Waals surface area contributed by atoms with Gasteiger partial charge in [-0.2, -0.15) is 0 Å². The van der Waals surface area contributed by atoms with Gasteiger partial charge >= 0.3 is 6.09 Å². The summed E-state index contributed by atoms with van der Waals surface area (Å²) >= 11 is 0. The summed E-state index contributed by atoms with van der Waals surface area (Å²) in [5.74, 6) is 3.15. The second kappa shape index (κ2) is 15.7. The Morgan fingerprint density at radius 2 is 1.59 bits per heavy atom. The molecule has 3 N–H and O–H groups in total. The lowest BCUT2D eigenvalue weighted by Gasteiger charge is -2.37. The van der Waals surface area contributed by atoms with E-state index < -0.39 is 12.1 Å². The summed E-state index contributed by atoms with van der Waals surface area (Å²) in [6.07, 6.45) is 9.35. The van der Waals surface area contributed by atoms with Crippen molar-refractivity contribution in [3.8, 4) is 17.0 Å². The predicted octanol–water partition coefficient (Wildman–Crippen LogP) is 6.55. The number of carbonyl (C=O) groups excluding carboxylic acids is 3. The lowest BCUT2D eigenvalue weighted by Crippen LogP contribution is -2.51. The molecule has 3 amide bonds. The number of likely N-dealkylation sites (tertiary alicyclic amines) is 2. The molecule has 0 radical (unpaired) electrons. The highest BCUT2D eigenvalue weighted by atomic mass is 16.5. The molecule has 0 bridgehead atoms. The van der Waals surface area contributed by atoms with Crippen LogP contribution in [0, 0.1) is 11.8 Å². The summed E-state index contributed by atoms with van der Waals surface area (Å²) in [6.45, 7) is 6.01. The number of likely N-dealkylation sites (N-methyl/N-ethyl adjacent to an activating group) is 1. The largest absolute Gasteiger partial charge is 0.492 e. The van der Waals surface area contributed by atoms with Gasteiger partial charge in [-0.25, -0.2) is 14.8 Å². The fourth-order valence-corrected chi connectivity index (χ4v) is 9.63. The number of methoxy groups -OCH3 is 1. The molecular formula is C45H52N8O6. The lowest BCUT2D eigenvalue weighted by molar-refractivity contribution is -0.137. The molecule has 4 aliphatic heterocycles. The van der Waals surface area contributed by atoms with Gasteiger partial charge in [0.2, 0.25) is 11.8 Å². The summed E-state index contributed by atoms with van der Waals surface area (Å²) in [5.41, 5.74) is 8.14. The number of rotatable bonds is 10. The van der Waals surface area contributed by atoms with Crippen molar-refractivity contribution in [2.45, 2.75) is 76.7 Å². The van der Waals surface area contributed by atoms with Crippen LogP contribution in [-0.2, 0) is 25.7 Å². The highest BCUT2D eigenvalue weighted by molar-refractivity contribution is 5.88. The monoisotopic (exact) mass is 800 g/mol. The van der Waals surface area contributed by atoms with E-state index in [1.165, 1.54) is 12.7 Å². The standard InChI is InChI=1S/C45H52N8O6/c1-25(2)39(50-45(56)57-5)43(54)52-15-9-13-33(52)41-46-21-31(48-41)27-17-29-23-59-36-20-28(18-30-24-58-35(19-27)37(29)38(30)36)32-22-47-42(49-32)34-14-10-16-53(34)44(55)40(51(3)4)26-11-7-6-8-12-26/h6-8,11-12,18-22,25,29,33-34,39-40H,9-10,13-17,23-24H2,1-5H3,(H,46,48)(H,47,49)(H,50,56)/t29?,33-,34-,39-,40?/m0/s1. The van der Waals surface area contributed by atoms with Crippen LogP contribution in [0.25, 0.3) is 22.4 Å². The number of hydrogen-bond donors (Lipinski definition) is 3. The average molecular weight is 801 g/mol. The molecule has 2 aromatic heterocycles. The van der Waals surface area contributed by atoms with Crippen molar-refractivity contribution in [3.05, 3.63) is 101 Å². The van der Waals surface area contributed by atoms with E-state index in [-0.39, 0.29) is 41.8 Å². The molecule has 308 valence electrons. The van der Waals surface area contributed by atoms with Crippen LogP contribution in [0.1, 0.15) is 98.1 Å². The highest BCUT2D eigenvalue weighted by Crippen LogP contribution is 2.51. The minimum Gasteiger partial charge on any atom is -0.492 e. The first-order chi connectivity index (χ1) is 28.6. The van der Waals surface area contributed by atoms with Crippen LogP contribution in [0.15, 0.2) is 66.7 Å². The van der Waals surface area contributed by atoms with Crippen LogP contribution < -0.4 is 10.1 Å². The first kappa shape index (κ1) is 38.6. The molecule has 14 nitrogen and oxygen atoms in total. The van der Waals surface area contributed by atoms with Crippen molar-refractivity contribution in [3.63, 3.8) is 0 Å². The number of aromatic amines is 2. The number of alkyl carbamates (subject to hydrolysis) is 1. The normalized spacial score (nSPS) is 21.8. The van der Waals surface area contributed by atoms with Crippen molar-refractivity contribution in [1.82, 2.24) is 40.0 Å². The van der Waals surface area contributed by atoms with Crippen molar-refractivity contribution in [2.24, 2.45) is 11.8 Å². The molecule has 6 heterocycles. The number of nitrogens with zero attached hydrogens (tertiary/aromatic N) is 5. The van der Waals surface area contributed by atoms with E-state index in [2.05, 4.69) is 33.5 Å². The summed E-state index contributed by atoms with van der Waals surface area (Å²) in [5, 5.41) is 2.72. The van der Waals surface area contributed by atoms with E-state index in [9.17, 15) is 14.4 Å². The third-order valence-corrected chi connectivity index (χ3v) is 12.5. The molecule has 4 aromatic rings. The summed E-state index contributed by atoms with van der Waals surface area (Å²) < 4.78 is 17.8. The maximum Gasteiger partial charge on any atom is 0.407 e. The number of imidazole rings is 2. The van der Waals surface area contributed by atoms with E-state index in [1.807, 2.05) is 85.4 Å². The van der Waals surface area contributed by atoms with Crippen molar-refractivity contribution in [2.75, 3.05) is 40.9 Å². The van der Waals surface area contributed by atoms with E-state index in [4.69, 9.17) is 24.2 Å². The molecule has 9 rings (SSSR count). The molecule has 2 aromatic carbocycles. The zero-order valence-electron chi connectivity index (χ0n) is 34.3. The number of carbonyl (C=O) groups is 3. The number of ether oxygens (including phenoxy) is 3. The average Bonchev–Trinajstić information content (AvgIpc) is 4.08. The Bertz CT molecular complexity index is 2330. The molecule has 2 unspecified atom stereocenters. The third-order valence-electron chi connectivity index (χ3n) is 12.5. The zero-order chi connectivity index (χ0) is 40.9. The Morgan fingerprint density at radius 1 is 0.915 bits per heavy atom. The van der Waals surface area contributed by atoms with Crippen molar-refractivity contribution < 1.29 is 28.6 Å². The maximum atomic E-state index is 14.0. The van der Waals surface area contributed by atoms with Crippen LogP contribution in [0.2, 0.25) is 0 Å². The summed E-state index contributed by atoms with van der Waals surface area (Å²) in [6, 6.07) is 12.8. The van der Waals surface area contributed by atoms with Gasteiger partial charge in [0, 0.05) is 41.3 Å². The van der Waals surface area contributed by atoms with Gasteiger partial charge in [0.05, 0.1) is 49.6 Å². The Morgan fingerprint density at radius 3 is 2.27 bits per heavy atom. The van der Waals surface area contributed by atoms with E-state index in [1.54, 1.807) is 0 Å². The molecule has 0 saturated carbocycles. The number of nitrogens with one attached hydrogen (secondary N) is 3. The quantitative estimate of drug-likeness (QED) is 0.162. The van der Waals surface area contributed by atoms with Crippen LogP contribution in [0.4, 0.5) is 4.79 Å². The molecule has 5 aliphatic rings. The minimum absolute atomic E-state index is 0.0836. The predicted molar refractivity (Wildman–Crippen MR) is 220 cm³/mol. The summed E-state index contributed by atoms with van der Waals surface area (Å²) in [4.78, 5) is 62.3. The molecule has 2 saturated heterocycles. The van der Waals surface area contributed by atoms with Gasteiger partial charge in [0.25, 0.3) is 0 Å². The van der Waals surface area contributed by atoms with Crippen molar-refractivity contribution >= 4 is 29.1 Å². The number of hydrogen-bond acceptors (Lipinski definition) is 9. The zero-order valence-corrected chi connectivity index (χ0v) is 34.3. The van der Waals surface area contributed by atoms with Crippen LogP contribution >= 0.6 is 0 Å². The molecule has 1 aliphatic carbocycles. The van der Waals surface area contributed by atoms with Gasteiger partial charge in [-0.1, -0.05) is 44.2 Å². The second-order valence-corrected chi connectivity index (χ2v) is 16.8. The van der Waals surface area contributed by atoms with E-state index in [0.29, 0.717) is 26.3 Å². The summed E-state index contributed by atoms with van der Waals surface area (Å²) in [7, 11) is 5.20. The topological polar surface area (TPSA) is 158 Å². The van der Waals surface area contributed by atoms with Crippen molar-refractivity contribution in [1.29, 1.82) is 0 Å². The number of benzene rings is 2. The Balaban J connectivity index is 0.938. The van der Waals surface area contributed by atoms with Crippen LogP contribution in [-0.4, -0.2) is 99.5 Å². The van der Waals surface area contributed by atoms with E-state index in [0.717, 1.165) is 94.5 Å². The highest BCUT2D eigenvalue weighted by Gasteiger charge is 2.41. The molecule has 5 atom stereocenters. The smallest absolute Gasteiger partial charge is 0.407 e. The first-order valence-corrected chi connectivity index (χ1v) is 20.7. The first-order valence-electron chi connectivity index (χ1n) is 20.7. The maximum absolute atomic E-state index is 14.0. The number of amides is 3. The number of allylic oxidation sites excluding steroid dienone is 2. The minimum atomic E-state index is -0.693. The fourth-order valence-electron chi connectivity index (χ4n) is 9.63. The SMILES string of the molecule is COC(=O)N[C@H](C(=O)N1CCC[C@H]1c1ncc(C2=CC3=C4c5c(cc(-c6cnc([C@@H]7CCCN7C(=O)C(c7ccccc7)N(C)C)[nH]6)cc5OCC4C2)CO3)[nH]1)C(C)C. The van der Waals surface area contributed by atoms with E-state index >= 15 is 0 Å². The Kier molecular flexibility index (Phi) is 10.3. The molecular weight excluding hydrogens is 749 g/mol. The van der Waals surface area contributed by atoms with Gasteiger partial charge in [0.1, 0.15) is 41.8 Å².